The van der Waals surface area contributed by atoms with Gasteiger partial charge >= 0.3 is 0 Å². The van der Waals surface area contributed by atoms with Crippen LogP contribution in [0.2, 0.25) is 0 Å². The van der Waals surface area contributed by atoms with Gasteiger partial charge in [-0.2, -0.15) is 0 Å². The molecule has 5 nitrogen and oxygen atoms in total. The van der Waals surface area contributed by atoms with Crippen LogP contribution in [0.4, 0.5) is 5.82 Å². The molecule has 0 spiro atoms. The van der Waals surface area contributed by atoms with Crippen molar-refractivity contribution in [3.63, 3.8) is 0 Å². The van der Waals surface area contributed by atoms with Crippen molar-refractivity contribution in [3.8, 4) is 0 Å². The first-order valence-electron chi connectivity index (χ1n) is 8.26. The van der Waals surface area contributed by atoms with Crippen LogP contribution in [0.3, 0.4) is 0 Å². The molecular weight excluding hydrogens is 302 g/mol. The molecule has 0 bridgehead atoms. The fourth-order valence-electron chi connectivity index (χ4n) is 3.09. The van der Waals surface area contributed by atoms with E-state index in [1.54, 1.807) is 13.3 Å². The number of methoxy groups -OCH3 is 1. The van der Waals surface area contributed by atoms with Crippen LogP contribution in [-0.2, 0) is 22.6 Å². The van der Waals surface area contributed by atoms with Gasteiger partial charge in [0.1, 0.15) is 5.82 Å². The molecule has 126 valence electrons. The van der Waals surface area contributed by atoms with Gasteiger partial charge in [0.05, 0.1) is 13.0 Å². The van der Waals surface area contributed by atoms with Crippen LogP contribution in [0.5, 0.6) is 0 Å². The lowest BCUT2D eigenvalue weighted by molar-refractivity contribution is -0.121. The zero-order chi connectivity index (χ0) is 16.8. The van der Waals surface area contributed by atoms with Gasteiger partial charge in [-0.3, -0.25) is 4.79 Å². The van der Waals surface area contributed by atoms with E-state index in [1.165, 1.54) is 0 Å². The van der Waals surface area contributed by atoms with Crippen molar-refractivity contribution in [1.29, 1.82) is 0 Å². The predicted octanol–water partition coefficient (Wildman–Crippen LogP) is 2.17. The van der Waals surface area contributed by atoms with Crippen molar-refractivity contribution in [1.82, 2.24) is 10.3 Å². The van der Waals surface area contributed by atoms with E-state index in [9.17, 15) is 4.79 Å². The van der Waals surface area contributed by atoms with Crippen molar-refractivity contribution >= 4 is 11.7 Å². The number of benzene rings is 1. The number of ether oxygens (including phenoxy) is 1. The van der Waals surface area contributed by atoms with Gasteiger partial charge in [-0.25, -0.2) is 4.98 Å². The van der Waals surface area contributed by atoms with Gasteiger partial charge in [0.25, 0.3) is 0 Å². The molecule has 24 heavy (non-hydrogen) atoms. The Labute approximate surface area is 142 Å². The third kappa shape index (κ3) is 4.32. The first-order valence-corrected chi connectivity index (χ1v) is 8.26. The number of nitrogens with one attached hydrogen (secondary N) is 1. The highest BCUT2D eigenvalue weighted by atomic mass is 16.5. The predicted molar refractivity (Wildman–Crippen MR) is 93.9 cm³/mol. The van der Waals surface area contributed by atoms with Crippen molar-refractivity contribution in [2.45, 2.75) is 25.5 Å². The Morgan fingerprint density at radius 2 is 2.17 bits per heavy atom. The number of anilines is 1. The molecular formula is C19H23N3O2. The molecule has 0 radical (unpaired) electrons. The summed E-state index contributed by atoms with van der Waals surface area (Å²) < 4.78 is 5.14. The average Bonchev–Trinajstić information content (AvgIpc) is 3.04. The molecule has 0 unspecified atom stereocenters. The van der Waals surface area contributed by atoms with E-state index < -0.39 is 0 Å². The number of hydrogen-bond acceptors (Lipinski definition) is 4. The Balaban J connectivity index is 1.51. The quantitative estimate of drug-likeness (QED) is 0.884. The normalized spacial score (nSPS) is 17.0. The van der Waals surface area contributed by atoms with Crippen LogP contribution in [0.25, 0.3) is 0 Å². The van der Waals surface area contributed by atoms with Crippen LogP contribution in [0.1, 0.15) is 17.5 Å². The fraction of sp³-hybridized carbons (Fsp3) is 0.368. The van der Waals surface area contributed by atoms with E-state index in [0.29, 0.717) is 13.0 Å². The topological polar surface area (TPSA) is 54.5 Å². The van der Waals surface area contributed by atoms with Gasteiger partial charge in [0.15, 0.2) is 0 Å². The molecule has 0 aliphatic carbocycles. The standard InChI is InChI=1S/C19H23N3O2/c1-24-14-16-6-4-5-15(11-16)12-19(23)21-17-8-10-22(13-17)18-7-2-3-9-20-18/h2-7,9,11,17H,8,10,12-14H2,1H3,(H,21,23)/t17-/m0/s1. The van der Waals surface area contributed by atoms with Gasteiger partial charge in [-0.05, 0) is 29.7 Å². The van der Waals surface area contributed by atoms with Gasteiger partial charge in [0.2, 0.25) is 5.91 Å². The minimum absolute atomic E-state index is 0.0671. The average molecular weight is 325 g/mol. The molecule has 1 aromatic carbocycles. The molecule has 1 N–H and O–H groups in total. The first kappa shape index (κ1) is 16.5. The molecule has 1 atom stereocenters. The Bertz CT molecular complexity index is 675. The van der Waals surface area contributed by atoms with E-state index in [2.05, 4.69) is 15.2 Å². The molecule has 1 aliphatic heterocycles. The summed E-state index contributed by atoms with van der Waals surface area (Å²) in [4.78, 5) is 18.9. The highest BCUT2D eigenvalue weighted by molar-refractivity contribution is 5.79. The zero-order valence-electron chi connectivity index (χ0n) is 13.9. The van der Waals surface area contributed by atoms with Gasteiger partial charge in [0, 0.05) is 32.4 Å². The molecule has 5 heteroatoms. The van der Waals surface area contributed by atoms with Gasteiger partial charge in [-0.1, -0.05) is 30.3 Å². The number of carbonyl (C=O) groups excluding carboxylic acids is 1. The van der Waals surface area contributed by atoms with Crippen molar-refractivity contribution < 1.29 is 9.53 Å². The Kier molecular flexibility index (Phi) is 5.43. The summed E-state index contributed by atoms with van der Waals surface area (Å²) in [5, 5.41) is 3.14. The van der Waals surface area contributed by atoms with Gasteiger partial charge < -0.3 is 15.0 Å². The lowest BCUT2D eigenvalue weighted by Crippen LogP contribution is -2.38. The van der Waals surface area contributed by atoms with E-state index in [0.717, 1.165) is 36.5 Å². The summed E-state index contributed by atoms with van der Waals surface area (Å²) in [6, 6.07) is 14.1. The van der Waals surface area contributed by atoms with E-state index >= 15 is 0 Å². The molecule has 3 rings (SSSR count). The number of hydrogen-bond donors (Lipinski definition) is 1. The van der Waals surface area contributed by atoms with Crippen LogP contribution in [-0.4, -0.2) is 37.1 Å². The Hall–Kier alpha value is -2.40. The lowest BCUT2D eigenvalue weighted by atomic mass is 10.1. The maximum Gasteiger partial charge on any atom is 0.224 e. The van der Waals surface area contributed by atoms with Crippen molar-refractivity contribution in [2.24, 2.45) is 0 Å². The summed E-state index contributed by atoms with van der Waals surface area (Å²) in [5.74, 6) is 1.04. The zero-order valence-corrected chi connectivity index (χ0v) is 13.9. The number of amides is 1. The minimum atomic E-state index is 0.0671. The lowest BCUT2D eigenvalue weighted by Gasteiger charge is -2.17. The minimum Gasteiger partial charge on any atom is -0.380 e. The maximum absolute atomic E-state index is 12.3. The largest absolute Gasteiger partial charge is 0.380 e. The third-order valence-corrected chi connectivity index (χ3v) is 4.19. The second-order valence-corrected chi connectivity index (χ2v) is 6.12. The summed E-state index contributed by atoms with van der Waals surface area (Å²) in [7, 11) is 1.67. The number of rotatable bonds is 6. The monoisotopic (exact) mass is 325 g/mol. The Morgan fingerprint density at radius 1 is 1.29 bits per heavy atom. The highest BCUT2D eigenvalue weighted by Gasteiger charge is 2.24. The highest BCUT2D eigenvalue weighted by Crippen LogP contribution is 2.17. The summed E-state index contributed by atoms with van der Waals surface area (Å²) in [6.07, 6.45) is 3.15. The number of aromatic nitrogens is 1. The van der Waals surface area contributed by atoms with Crippen LogP contribution >= 0.6 is 0 Å². The number of pyridine rings is 1. The third-order valence-electron chi connectivity index (χ3n) is 4.19. The molecule has 0 saturated carbocycles. The van der Waals surface area contributed by atoms with E-state index in [1.807, 2.05) is 42.5 Å². The molecule has 1 saturated heterocycles. The second kappa shape index (κ2) is 7.93. The molecule has 1 amide bonds. The van der Waals surface area contributed by atoms with Crippen molar-refractivity contribution in [3.05, 3.63) is 59.8 Å². The van der Waals surface area contributed by atoms with E-state index in [4.69, 9.17) is 4.74 Å². The van der Waals surface area contributed by atoms with Crippen LogP contribution < -0.4 is 10.2 Å². The summed E-state index contributed by atoms with van der Waals surface area (Å²) >= 11 is 0. The van der Waals surface area contributed by atoms with Gasteiger partial charge in [-0.15, -0.1) is 0 Å². The molecule has 1 fully saturated rings. The summed E-state index contributed by atoms with van der Waals surface area (Å²) in [6.45, 7) is 2.30. The SMILES string of the molecule is COCc1cccc(CC(=O)N[C@H]2CCN(c3ccccn3)C2)c1. The maximum atomic E-state index is 12.3. The van der Waals surface area contributed by atoms with Crippen LogP contribution in [0.15, 0.2) is 48.7 Å². The molecule has 2 heterocycles. The number of carbonyl (C=O) groups is 1. The van der Waals surface area contributed by atoms with E-state index in [-0.39, 0.29) is 11.9 Å². The summed E-state index contributed by atoms with van der Waals surface area (Å²) in [5.41, 5.74) is 2.10. The molecule has 2 aromatic rings. The second-order valence-electron chi connectivity index (χ2n) is 6.12. The molecule has 1 aromatic heterocycles. The van der Waals surface area contributed by atoms with Crippen LogP contribution in [0, 0.1) is 0 Å². The van der Waals surface area contributed by atoms with Crippen molar-refractivity contribution in [2.75, 3.05) is 25.1 Å². The first-order chi connectivity index (χ1) is 11.7. The Morgan fingerprint density at radius 3 is 2.96 bits per heavy atom. The smallest absolute Gasteiger partial charge is 0.224 e. The fourth-order valence-corrected chi connectivity index (χ4v) is 3.09. The number of nitrogens with zero attached hydrogens (tertiary/aromatic N) is 2. The molecule has 1 aliphatic rings.